The molecule has 2 N–H and O–H groups in total. The van der Waals surface area contributed by atoms with E-state index in [1.807, 2.05) is 39.8 Å². The normalized spacial score (nSPS) is 16.0. The van der Waals surface area contributed by atoms with Crippen LogP contribution in [0.2, 0.25) is 0 Å². The quantitative estimate of drug-likeness (QED) is 0.111. The van der Waals surface area contributed by atoms with Gasteiger partial charge in [0.1, 0.15) is 29.5 Å². The Bertz CT molecular complexity index is 2420. The first-order chi connectivity index (χ1) is 27.9. The second-order valence-electron chi connectivity index (χ2n) is 14.6. The number of carbonyl (C=O) groups is 3. The number of nitrogens with zero attached hydrogens (tertiary/aromatic N) is 9. The van der Waals surface area contributed by atoms with Gasteiger partial charge in [0, 0.05) is 81.5 Å². The van der Waals surface area contributed by atoms with E-state index >= 15 is 0 Å². The molecule has 0 radical (unpaired) electrons. The van der Waals surface area contributed by atoms with Crippen LogP contribution in [0, 0.1) is 0 Å². The number of fused-ring (bicyclic) bond motifs is 2. The summed E-state index contributed by atoms with van der Waals surface area (Å²) in [5.74, 6) is 1.11. The number of aromatic nitrogens is 7. The Morgan fingerprint density at radius 2 is 1.72 bits per heavy atom. The lowest BCUT2D eigenvalue weighted by molar-refractivity contribution is -0.136. The number of furan rings is 1. The van der Waals surface area contributed by atoms with Crippen LogP contribution >= 0.6 is 0 Å². The minimum atomic E-state index is -0.868. The molecule has 2 aromatic carbocycles. The van der Waals surface area contributed by atoms with Crippen LogP contribution in [0.25, 0.3) is 27.7 Å². The molecule has 6 heterocycles. The fourth-order valence-corrected chi connectivity index (χ4v) is 7.69. The highest BCUT2D eigenvalue weighted by molar-refractivity contribution is 5.99. The number of piperazine rings is 1. The van der Waals surface area contributed by atoms with E-state index in [-0.39, 0.29) is 24.7 Å². The average Bonchev–Trinajstić information content (AvgIpc) is 3.95. The molecule has 16 heteroatoms. The van der Waals surface area contributed by atoms with Crippen LogP contribution in [0.15, 0.2) is 82.6 Å². The number of benzene rings is 2. The summed E-state index contributed by atoms with van der Waals surface area (Å²) in [5, 5.41) is 22.7. The van der Waals surface area contributed by atoms with E-state index in [0.717, 1.165) is 90.3 Å². The number of hydrogen-bond donors (Lipinski definition) is 2. The van der Waals surface area contributed by atoms with E-state index in [1.54, 1.807) is 18.7 Å². The molecule has 16 nitrogen and oxygen atoms in total. The Morgan fingerprint density at radius 1 is 0.895 bits per heavy atom. The summed E-state index contributed by atoms with van der Waals surface area (Å²) in [6.45, 7) is 3.64. The van der Waals surface area contributed by atoms with Crippen LogP contribution < -0.4 is 21.1 Å². The Kier molecular flexibility index (Phi) is 11.3. The number of aryl methyl sites for hydroxylation is 2. The maximum atomic E-state index is 13.4. The fourth-order valence-electron chi connectivity index (χ4n) is 7.69. The molecule has 294 valence electrons. The molecule has 0 spiro atoms. The van der Waals surface area contributed by atoms with Gasteiger partial charge in [0.05, 0.1) is 11.6 Å². The second-order valence-corrected chi connectivity index (χ2v) is 14.6. The number of carbonyl (C=O) groups excluding carboxylic acids is 3. The summed E-state index contributed by atoms with van der Waals surface area (Å²) >= 11 is 0. The van der Waals surface area contributed by atoms with Crippen LogP contribution in [0.1, 0.15) is 69.0 Å². The maximum Gasteiger partial charge on any atom is 0.280 e. The largest absolute Gasteiger partial charge is 0.469 e. The van der Waals surface area contributed by atoms with Crippen LogP contribution in [-0.4, -0.2) is 89.9 Å². The van der Waals surface area contributed by atoms with Crippen molar-refractivity contribution in [2.24, 2.45) is 0 Å². The van der Waals surface area contributed by atoms with Crippen LogP contribution in [-0.2, 0) is 27.2 Å². The molecule has 2 fully saturated rings. The number of hydrogen-bond acceptors (Lipinski definition) is 12. The lowest BCUT2D eigenvalue weighted by atomic mass is 10.1. The number of rotatable bonds is 15. The molecule has 2 aliphatic heterocycles. The molecule has 8 rings (SSSR count). The summed E-state index contributed by atoms with van der Waals surface area (Å²) in [6, 6.07) is 16.8. The van der Waals surface area contributed by atoms with Gasteiger partial charge in [0.15, 0.2) is 5.65 Å². The SMILES string of the molecule is O=C1CCC(n2nnc3cccc(NCCCCCCCC(=O)N4CCN(c5ccc(-c6cnc(CCc7ccco7)n7cnnc67)cc5)CC4)c3c2=O)C(=O)N1. The fraction of sp³-hybridized carbons (Fsp3) is 0.390. The molecule has 1 atom stereocenters. The van der Waals surface area contributed by atoms with Gasteiger partial charge < -0.3 is 19.5 Å². The van der Waals surface area contributed by atoms with Gasteiger partial charge in [-0.05, 0) is 61.2 Å². The van der Waals surface area contributed by atoms with Gasteiger partial charge in [0.2, 0.25) is 11.8 Å². The van der Waals surface area contributed by atoms with Crippen LogP contribution in [0.4, 0.5) is 11.4 Å². The van der Waals surface area contributed by atoms with Crippen molar-refractivity contribution in [3.63, 3.8) is 0 Å². The Morgan fingerprint density at radius 3 is 2.53 bits per heavy atom. The first-order valence-electron chi connectivity index (χ1n) is 19.7. The number of piperidine rings is 1. The van der Waals surface area contributed by atoms with Crippen molar-refractivity contribution in [2.45, 2.75) is 70.3 Å². The van der Waals surface area contributed by atoms with E-state index in [1.165, 1.54) is 0 Å². The number of imide groups is 1. The Balaban J connectivity index is 0.746. The summed E-state index contributed by atoms with van der Waals surface area (Å²) in [7, 11) is 0. The molecule has 0 aliphatic carbocycles. The molecule has 0 saturated carbocycles. The molecule has 4 aromatic heterocycles. The van der Waals surface area contributed by atoms with Gasteiger partial charge in [-0.3, -0.25) is 28.9 Å². The first-order valence-corrected chi connectivity index (χ1v) is 19.7. The molecule has 2 aliphatic rings. The van der Waals surface area contributed by atoms with E-state index in [4.69, 9.17) is 9.40 Å². The second kappa shape index (κ2) is 17.1. The number of amides is 3. The van der Waals surface area contributed by atoms with Crippen molar-refractivity contribution in [3.05, 3.63) is 95.3 Å². The van der Waals surface area contributed by atoms with Crippen molar-refractivity contribution in [2.75, 3.05) is 42.9 Å². The molecular weight excluding hydrogens is 727 g/mol. The summed E-state index contributed by atoms with van der Waals surface area (Å²) < 4.78 is 8.50. The minimum Gasteiger partial charge on any atom is -0.469 e. The highest BCUT2D eigenvalue weighted by Gasteiger charge is 2.30. The number of unbranched alkanes of at least 4 members (excludes halogenated alkanes) is 4. The number of anilines is 2. The van der Waals surface area contributed by atoms with E-state index in [2.05, 4.69) is 60.3 Å². The zero-order valence-electron chi connectivity index (χ0n) is 31.7. The Labute approximate surface area is 328 Å². The van der Waals surface area contributed by atoms with Crippen molar-refractivity contribution in [1.82, 2.24) is 44.8 Å². The van der Waals surface area contributed by atoms with Crippen molar-refractivity contribution < 1.29 is 18.8 Å². The summed E-state index contributed by atoms with van der Waals surface area (Å²) in [5.41, 5.74) is 4.50. The highest BCUT2D eigenvalue weighted by atomic mass is 16.3. The average molecular weight is 772 g/mol. The predicted molar refractivity (Wildman–Crippen MR) is 213 cm³/mol. The lowest BCUT2D eigenvalue weighted by Crippen LogP contribution is -2.48. The van der Waals surface area contributed by atoms with Gasteiger partial charge >= 0.3 is 0 Å². The highest BCUT2D eigenvalue weighted by Crippen LogP contribution is 2.27. The van der Waals surface area contributed by atoms with E-state index in [9.17, 15) is 19.2 Å². The molecule has 6 aromatic rings. The molecule has 57 heavy (non-hydrogen) atoms. The lowest BCUT2D eigenvalue weighted by Gasteiger charge is -2.36. The van der Waals surface area contributed by atoms with E-state index in [0.29, 0.717) is 49.1 Å². The third-order valence-corrected chi connectivity index (χ3v) is 10.9. The van der Waals surface area contributed by atoms with Crippen LogP contribution in [0.5, 0.6) is 0 Å². The van der Waals surface area contributed by atoms with Crippen LogP contribution in [0.3, 0.4) is 0 Å². The molecule has 0 bridgehead atoms. The topological polar surface area (TPSA) is 186 Å². The summed E-state index contributed by atoms with van der Waals surface area (Å²) in [4.78, 5) is 59.4. The minimum absolute atomic E-state index is 0.143. The van der Waals surface area contributed by atoms with Crippen molar-refractivity contribution in [1.29, 1.82) is 0 Å². The van der Waals surface area contributed by atoms with Crippen molar-refractivity contribution in [3.8, 4) is 11.1 Å². The predicted octanol–water partition coefficient (Wildman–Crippen LogP) is 4.35. The van der Waals surface area contributed by atoms with Gasteiger partial charge in [0.25, 0.3) is 11.5 Å². The first kappa shape index (κ1) is 37.5. The Hall–Kier alpha value is -6.45. The van der Waals surface area contributed by atoms with E-state index < -0.39 is 17.5 Å². The molecule has 3 amide bonds. The van der Waals surface area contributed by atoms with Gasteiger partial charge in [-0.15, -0.1) is 15.3 Å². The monoisotopic (exact) mass is 771 g/mol. The third-order valence-electron chi connectivity index (χ3n) is 10.9. The zero-order valence-corrected chi connectivity index (χ0v) is 31.7. The summed E-state index contributed by atoms with van der Waals surface area (Å²) in [6.07, 6.45) is 12.4. The maximum absolute atomic E-state index is 13.4. The number of nitrogens with one attached hydrogen (secondary N) is 2. The van der Waals surface area contributed by atoms with Crippen molar-refractivity contribution >= 4 is 45.6 Å². The molecule has 2 saturated heterocycles. The van der Waals surface area contributed by atoms with Gasteiger partial charge in [-0.2, -0.15) is 4.68 Å². The smallest absolute Gasteiger partial charge is 0.280 e. The van der Waals surface area contributed by atoms with Gasteiger partial charge in [-0.25, -0.2) is 4.98 Å². The third kappa shape index (κ3) is 8.39. The zero-order chi connectivity index (χ0) is 39.1. The molecular formula is C41H45N11O5. The standard InChI is InChI=1S/C41H45N11O5/c53-36-19-17-34(40(55)45-36)52-41(56)38-32(9-6-10-33(38)46-48-52)42-20-5-3-1-2-4-11-37(54)50-23-21-49(22-24-50)29-14-12-28(13-15-29)31-26-43-35(51-27-44-47-39(31)51)18-16-30-8-7-25-57-30/h6-10,12-15,25-27,34,42H,1-5,11,16-24H2,(H,45,53,55). The molecule has 1 unspecified atom stereocenters. The van der Waals surface area contributed by atoms with Gasteiger partial charge in [-0.1, -0.05) is 42.7 Å².